The Morgan fingerprint density at radius 2 is 1.92 bits per heavy atom. The SMILES string of the molecule is ClC(Cc1ccccc1)C1CCC1. The van der Waals surface area contributed by atoms with Crippen LogP contribution >= 0.6 is 11.6 Å². The lowest BCUT2D eigenvalue weighted by Crippen LogP contribution is -2.24. The second-order valence-corrected chi connectivity index (χ2v) is 4.46. The molecule has 1 saturated carbocycles. The molecule has 0 aromatic heterocycles. The highest BCUT2D eigenvalue weighted by Gasteiger charge is 2.25. The average molecular weight is 195 g/mol. The van der Waals surface area contributed by atoms with E-state index < -0.39 is 0 Å². The maximum Gasteiger partial charge on any atom is 0.0404 e. The summed E-state index contributed by atoms with van der Waals surface area (Å²) < 4.78 is 0. The van der Waals surface area contributed by atoms with Crippen LogP contribution in [0.25, 0.3) is 0 Å². The van der Waals surface area contributed by atoms with E-state index in [-0.39, 0.29) is 0 Å². The van der Waals surface area contributed by atoms with E-state index in [0.29, 0.717) is 5.38 Å². The summed E-state index contributed by atoms with van der Waals surface area (Å²) in [6, 6.07) is 10.5. The zero-order valence-electron chi connectivity index (χ0n) is 7.75. The Labute approximate surface area is 84.9 Å². The third-order valence-electron chi connectivity index (χ3n) is 2.93. The summed E-state index contributed by atoms with van der Waals surface area (Å²) in [5.74, 6) is 0.780. The van der Waals surface area contributed by atoms with Gasteiger partial charge in [-0.15, -0.1) is 11.6 Å². The summed E-state index contributed by atoms with van der Waals surface area (Å²) in [7, 11) is 0. The third-order valence-corrected chi connectivity index (χ3v) is 3.45. The molecule has 13 heavy (non-hydrogen) atoms. The zero-order chi connectivity index (χ0) is 9.10. The van der Waals surface area contributed by atoms with Crippen molar-refractivity contribution in [1.29, 1.82) is 0 Å². The second-order valence-electron chi connectivity index (χ2n) is 3.90. The van der Waals surface area contributed by atoms with Crippen LogP contribution in [0.4, 0.5) is 0 Å². The topological polar surface area (TPSA) is 0 Å². The lowest BCUT2D eigenvalue weighted by atomic mass is 9.81. The van der Waals surface area contributed by atoms with Gasteiger partial charge in [-0.3, -0.25) is 0 Å². The van der Waals surface area contributed by atoms with Crippen molar-refractivity contribution in [1.82, 2.24) is 0 Å². The van der Waals surface area contributed by atoms with Gasteiger partial charge in [-0.1, -0.05) is 36.8 Å². The van der Waals surface area contributed by atoms with Crippen LogP contribution in [0.2, 0.25) is 0 Å². The fraction of sp³-hybridized carbons (Fsp3) is 0.500. The van der Waals surface area contributed by atoms with Gasteiger partial charge in [-0.05, 0) is 30.7 Å². The van der Waals surface area contributed by atoms with Crippen LogP contribution in [0.15, 0.2) is 30.3 Å². The van der Waals surface area contributed by atoms with Gasteiger partial charge in [-0.2, -0.15) is 0 Å². The first-order chi connectivity index (χ1) is 6.36. The summed E-state index contributed by atoms with van der Waals surface area (Å²) in [5, 5.41) is 0.358. The van der Waals surface area contributed by atoms with Crippen LogP contribution in [-0.2, 0) is 6.42 Å². The molecule has 1 aliphatic carbocycles. The molecule has 0 N–H and O–H groups in total. The Morgan fingerprint density at radius 3 is 2.46 bits per heavy atom. The zero-order valence-corrected chi connectivity index (χ0v) is 8.50. The molecule has 0 nitrogen and oxygen atoms in total. The number of rotatable bonds is 3. The second kappa shape index (κ2) is 4.15. The largest absolute Gasteiger partial charge is 0.122 e. The molecule has 1 atom stereocenters. The standard InChI is InChI=1S/C12H15Cl/c13-12(11-7-4-8-11)9-10-5-2-1-3-6-10/h1-3,5-6,11-12H,4,7-9H2. The molecule has 0 saturated heterocycles. The molecule has 0 heterocycles. The maximum absolute atomic E-state index is 6.32. The molecule has 2 rings (SSSR count). The van der Waals surface area contributed by atoms with Crippen molar-refractivity contribution in [2.45, 2.75) is 31.1 Å². The van der Waals surface area contributed by atoms with Gasteiger partial charge in [-0.25, -0.2) is 0 Å². The van der Waals surface area contributed by atoms with Gasteiger partial charge in [0.05, 0.1) is 0 Å². The summed E-state index contributed by atoms with van der Waals surface area (Å²) in [6.07, 6.45) is 5.08. The van der Waals surface area contributed by atoms with E-state index in [1.807, 2.05) is 0 Å². The predicted octanol–water partition coefficient (Wildman–Crippen LogP) is 3.64. The van der Waals surface area contributed by atoms with E-state index >= 15 is 0 Å². The first-order valence-electron chi connectivity index (χ1n) is 5.04. The van der Waals surface area contributed by atoms with Crippen LogP contribution in [0.3, 0.4) is 0 Å². The Bertz CT molecular complexity index is 251. The van der Waals surface area contributed by atoms with E-state index in [9.17, 15) is 0 Å². The lowest BCUT2D eigenvalue weighted by Gasteiger charge is -2.29. The van der Waals surface area contributed by atoms with Gasteiger partial charge < -0.3 is 0 Å². The molecule has 0 radical (unpaired) electrons. The van der Waals surface area contributed by atoms with E-state index in [0.717, 1.165) is 12.3 Å². The van der Waals surface area contributed by atoms with E-state index in [1.165, 1.54) is 24.8 Å². The highest BCUT2D eigenvalue weighted by molar-refractivity contribution is 6.21. The first-order valence-corrected chi connectivity index (χ1v) is 5.48. The maximum atomic E-state index is 6.32. The molecule has 1 fully saturated rings. The molecule has 1 heteroatoms. The number of benzene rings is 1. The first kappa shape index (κ1) is 9.08. The monoisotopic (exact) mass is 194 g/mol. The summed E-state index contributed by atoms with van der Waals surface area (Å²) in [5.41, 5.74) is 1.37. The van der Waals surface area contributed by atoms with E-state index in [2.05, 4.69) is 30.3 Å². The number of hydrogen-bond donors (Lipinski definition) is 0. The number of alkyl halides is 1. The Hall–Kier alpha value is -0.490. The Kier molecular flexibility index (Phi) is 2.90. The van der Waals surface area contributed by atoms with Crippen molar-refractivity contribution in [2.75, 3.05) is 0 Å². The molecule has 0 amide bonds. The highest BCUT2D eigenvalue weighted by Crippen LogP contribution is 2.33. The fourth-order valence-corrected chi connectivity index (χ4v) is 2.24. The van der Waals surface area contributed by atoms with Gasteiger partial charge in [0, 0.05) is 5.38 Å². The Morgan fingerprint density at radius 1 is 1.23 bits per heavy atom. The minimum absolute atomic E-state index is 0.358. The predicted molar refractivity (Wildman–Crippen MR) is 57.1 cm³/mol. The van der Waals surface area contributed by atoms with Gasteiger partial charge >= 0.3 is 0 Å². The van der Waals surface area contributed by atoms with E-state index in [4.69, 9.17) is 11.6 Å². The molecule has 0 bridgehead atoms. The normalized spacial score (nSPS) is 19.5. The molecule has 0 aliphatic heterocycles. The van der Waals surface area contributed by atoms with Gasteiger partial charge in [0.25, 0.3) is 0 Å². The van der Waals surface area contributed by atoms with Crippen LogP contribution < -0.4 is 0 Å². The van der Waals surface area contributed by atoms with Crippen molar-refractivity contribution in [3.63, 3.8) is 0 Å². The van der Waals surface area contributed by atoms with Crippen LogP contribution in [0.1, 0.15) is 24.8 Å². The van der Waals surface area contributed by atoms with Crippen LogP contribution in [0, 0.1) is 5.92 Å². The van der Waals surface area contributed by atoms with E-state index in [1.54, 1.807) is 0 Å². The molecule has 1 aliphatic rings. The van der Waals surface area contributed by atoms with Gasteiger partial charge in [0.1, 0.15) is 0 Å². The smallest absolute Gasteiger partial charge is 0.0404 e. The Balaban J connectivity index is 1.90. The molecular formula is C12H15Cl. The van der Waals surface area contributed by atoms with Crippen molar-refractivity contribution in [2.24, 2.45) is 5.92 Å². The van der Waals surface area contributed by atoms with Crippen molar-refractivity contribution >= 4 is 11.6 Å². The summed E-state index contributed by atoms with van der Waals surface area (Å²) in [6.45, 7) is 0. The van der Waals surface area contributed by atoms with Crippen molar-refractivity contribution < 1.29 is 0 Å². The van der Waals surface area contributed by atoms with Crippen LogP contribution in [-0.4, -0.2) is 5.38 Å². The number of hydrogen-bond acceptors (Lipinski definition) is 0. The molecular weight excluding hydrogens is 180 g/mol. The summed E-state index contributed by atoms with van der Waals surface area (Å²) >= 11 is 6.32. The molecule has 70 valence electrons. The average Bonchev–Trinajstić information content (AvgIpc) is 2.02. The molecule has 1 unspecified atom stereocenters. The fourth-order valence-electron chi connectivity index (χ4n) is 1.81. The van der Waals surface area contributed by atoms with Crippen molar-refractivity contribution in [3.8, 4) is 0 Å². The van der Waals surface area contributed by atoms with Crippen LogP contribution in [0.5, 0.6) is 0 Å². The molecule has 1 aromatic carbocycles. The van der Waals surface area contributed by atoms with Gasteiger partial charge in [0.15, 0.2) is 0 Å². The molecule has 0 spiro atoms. The van der Waals surface area contributed by atoms with Gasteiger partial charge in [0.2, 0.25) is 0 Å². The lowest BCUT2D eigenvalue weighted by molar-refractivity contribution is 0.302. The molecule has 1 aromatic rings. The number of halogens is 1. The summed E-state index contributed by atoms with van der Waals surface area (Å²) in [4.78, 5) is 0. The minimum Gasteiger partial charge on any atom is -0.122 e. The quantitative estimate of drug-likeness (QED) is 0.645. The third kappa shape index (κ3) is 2.25. The minimum atomic E-state index is 0.358. The van der Waals surface area contributed by atoms with Crippen molar-refractivity contribution in [3.05, 3.63) is 35.9 Å². The highest BCUT2D eigenvalue weighted by atomic mass is 35.5.